The molecule has 0 amide bonds. The second kappa shape index (κ2) is 5.17. The van der Waals surface area contributed by atoms with Crippen LogP contribution in [0.2, 0.25) is 0 Å². The Hall–Kier alpha value is -1.57. The first-order chi connectivity index (χ1) is 8.26. The van der Waals surface area contributed by atoms with Gasteiger partial charge in [0.2, 0.25) is 0 Å². The minimum Gasteiger partial charge on any atom is -0.364 e. The van der Waals surface area contributed by atoms with Gasteiger partial charge in [0.25, 0.3) is 0 Å². The van der Waals surface area contributed by atoms with Crippen LogP contribution in [0.3, 0.4) is 0 Å². The quantitative estimate of drug-likeness (QED) is 0.810. The number of piperazine rings is 1. The highest BCUT2D eigenvalue weighted by Crippen LogP contribution is 2.23. The van der Waals surface area contributed by atoms with Crippen molar-refractivity contribution in [2.45, 2.75) is 6.04 Å². The van der Waals surface area contributed by atoms with Crippen molar-refractivity contribution in [3.05, 3.63) is 29.8 Å². The summed E-state index contributed by atoms with van der Waals surface area (Å²) >= 11 is 0. The van der Waals surface area contributed by atoms with Crippen molar-refractivity contribution < 1.29 is 0 Å². The van der Waals surface area contributed by atoms with Crippen molar-refractivity contribution in [1.82, 2.24) is 4.90 Å². The highest BCUT2D eigenvalue weighted by Gasteiger charge is 2.25. The molecule has 0 bridgehead atoms. The number of hydrogen-bond acceptors (Lipinski definition) is 4. The summed E-state index contributed by atoms with van der Waals surface area (Å²) in [5.74, 6) is 0. The molecular weight excluding hydrogens is 212 g/mol. The van der Waals surface area contributed by atoms with Crippen LogP contribution in [0, 0.1) is 11.3 Å². The SMILES string of the molecule is CN1CCN(c2ccccc2C#N)C(CN)C1. The van der Waals surface area contributed by atoms with E-state index in [1.54, 1.807) is 0 Å². The van der Waals surface area contributed by atoms with E-state index in [1.807, 2.05) is 24.3 Å². The molecule has 4 heteroatoms. The van der Waals surface area contributed by atoms with Crippen molar-refractivity contribution in [2.75, 3.05) is 38.1 Å². The van der Waals surface area contributed by atoms with Crippen LogP contribution >= 0.6 is 0 Å². The molecular formula is C13H18N4. The first-order valence-electron chi connectivity index (χ1n) is 5.90. The smallest absolute Gasteiger partial charge is 0.101 e. The third-order valence-electron chi connectivity index (χ3n) is 3.29. The Morgan fingerprint density at radius 3 is 2.88 bits per heavy atom. The zero-order valence-corrected chi connectivity index (χ0v) is 10.1. The van der Waals surface area contributed by atoms with E-state index in [1.165, 1.54) is 0 Å². The summed E-state index contributed by atoms with van der Waals surface area (Å²) in [5, 5.41) is 9.14. The van der Waals surface area contributed by atoms with E-state index < -0.39 is 0 Å². The predicted molar refractivity (Wildman–Crippen MR) is 68.8 cm³/mol. The van der Waals surface area contributed by atoms with E-state index in [4.69, 9.17) is 11.0 Å². The van der Waals surface area contributed by atoms with Gasteiger partial charge in [0, 0.05) is 26.2 Å². The summed E-state index contributed by atoms with van der Waals surface area (Å²) in [5.41, 5.74) is 7.58. The minimum atomic E-state index is 0.295. The lowest BCUT2D eigenvalue weighted by Crippen LogP contribution is -2.55. The second-order valence-electron chi connectivity index (χ2n) is 4.47. The van der Waals surface area contributed by atoms with Crippen LogP contribution in [0.5, 0.6) is 0 Å². The third-order valence-corrected chi connectivity index (χ3v) is 3.29. The Labute approximate surface area is 102 Å². The molecule has 1 aliphatic rings. The maximum atomic E-state index is 9.14. The molecule has 4 nitrogen and oxygen atoms in total. The molecule has 2 N–H and O–H groups in total. The van der Waals surface area contributed by atoms with Gasteiger partial charge in [0.1, 0.15) is 6.07 Å². The zero-order chi connectivity index (χ0) is 12.3. The van der Waals surface area contributed by atoms with Gasteiger partial charge in [-0.05, 0) is 19.2 Å². The Bertz CT molecular complexity index is 424. The molecule has 1 aliphatic heterocycles. The van der Waals surface area contributed by atoms with Crippen LogP contribution in [0.4, 0.5) is 5.69 Å². The molecule has 1 fully saturated rings. The van der Waals surface area contributed by atoms with Crippen molar-refractivity contribution >= 4 is 5.69 Å². The molecule has 0 aliphatic carbocycles. The lowest BCUT2D eigenvalue weighted by molar-refractivity contribution is 0.269. The molecule has 1 heterocycles. The normalized spacial score (nSPS) is 21.2. The van der Waals surface area contributed by atoms with Gasteiger partial charge in [-0.1, -0.05) is 12.1 Å². The second-order valence-corrected chi connectivity index (χ2v) is 4.47. The summed E-state index contributed by atoms with van der Waals surface area (Å²) in [7, 11) is 2.11. The van der Waals surface area contributed by atoms with Crippen LogP contribution in [0.1, 0.15) is 5.56 Å². The molecule has 17 heavy (non-hydrogen) atoms. The number of nitrogens with two attached hydrogens (primary N) is 1. The summed E-state index contributed by atoms with van der Waals surface area (Å²) in [6, 6.07) is 10.3. The van der Waals surface area contributed by atoms with E-state index in [2.05, 4.69) is 22.9 Å². The topological polar surface area (TPSA) is 56.3 Å². The fraction of sp³-hybridized carbons (Fsp3) is 0.462. The van der Waals surface area contributed by atoms with Crippen molar-refractivity contribution in [1.29, 1.82) is 5.26 Å². The number of anilines is 1. The summed E-state index contributed by atoms with van der Waals surface area (Å²) in [6.45, 7) is 3.51. The van der Waals surface area contributed by atoms with E-state index in [9.17, 15) is 0 Å². The third kappa shape index (κ3) is 2.41. The maximum absolute atomic E-state index is 9.14. The van der Waals surface area contributed by atoms with Crippen molar-refractivity contribution in [2.24, 2.45) is 5.73 Å². The number of benzene rings is 1. The molecule has 1 aromatic carbocycles. The highest BCUT2D eigenvalue weighted by atomic mass is 15.3. The molecule has 1 unspecified atom stereocenters. The predicted octanol–water partition coefficient (Wildman–Crippen LogP) is 0.637. The number of rotatable bonds is 2. The average molecular weight is 230 g/mol. The van der Waals surface area contributed by atoms with E-state index >= 15 is 0 Å². The van der Waals surface area contributed by atoms with Crippen LogP contribution < -0.4 is 10.6 Å². The molecule has 0 aromatic heterocycles. The van der Waals surface area contributed by atoms with Crippen LogP contribution in [0.15, 0.2) is 24.3 Å². The molecule has 1 saturated heterocycles. The molecule has 1 aromatic rings. The monoisotopic (exact) mass is 230 g/mol. The molecule has 2 rings (SSSR count). The summed E-state index contributed by atoms with van der Waals surface area (Å²) in [4.78, 5) is 4.54. The zero-order valence-electron chi connectivity index (χ0n) is 10.1. The van der Waals surface area contributed by atoms with Gasteiger partial charge < -0.3 is 15.5 Å². The Morgan fingerprint density at radius 1 is 1.41 bits per heavy atom. The summed E-state index contributed by atoms with van der Waals surface area (Å²) < 4.78 is 0. The number of para-hydroxylation sites is 1. The van der Waals surface area contributed by atoms with E-state index in [0.717, 1.165) is 30.9 Å². The fourth-order valence-electron chi connectivity index (χ4n) is 2.35. The maximum Gasteiger partial charge on any atom is 0.101 e. The van der Waals surface area contributed by atoms with Crippen LogP contribution in [-0.2, 0) is 0 Å². The van der Waals surface area contributed by atoms with Crippen LogP contribution in [0.25, 0.3) is 0 Å². The molecule has 0 radical (unpaired) electrons. The first-order valence-corrected chi connectivity index (χ1v) is 5.90. The summed E-state index contributed by atoms with van der Waals surface area (Å²) in [6.07, 6.45) is 0. The Kier molecular flexibility index (Phi) is 3.62. The van der Waals surface area contributed by atoms with Gasteiger partial charge in [-0.2, -0.15) is 5.26 Å². The number of likely N-dealkylation sites (N-methyl/N-ethyl adjacent to an activating group) is 1. The van der Waals surface area contributed by atoms with Gasteiger partial charge in [-0.15, -0.1) is 0 Å². The molecule has 0 saturated carbocycles. The fourth-order valence-corrected chi connectivity index (χ4v) is 2.35. The lowest BCUT2D eigenvalue weighted by Gasteiger charge is -2.41. The van der Waals surface area contributed by atoms with Gasteiger partial charge in [0.05, 0.1) is 17.3 Å². The van der Waals surface area contributed by atoms with Gasteiger partial charge in [0.15, 0.2) is 0 Å². The van der Waals surface area contributed by atoms with Crippen LogP contribution in [-0.4, -0.2) is 44.2 Å². The van der Waals surface area contributed by atoms with Gasteiger partial charge in [-0.25, -0.2) is 0 Å². The minimum absolute atomic E-state index is 0.295. The molecule has 90 valence electrons. The van der Waals surface area contributed by atoms with Gasteiger partial charge >= 0.3 is 0 Å². The van der Waals surface area contributed by atoms with E-state index in [-0.39, 0.29) is 0 Å². The molecule has 1 atom stereocenters. The van der Waals surface area contributed by atoms with Crippen molar-refractivity contribution in [3.63, 3.8) is 0 Å². The molecule has 0 spiro atoms. The average Bonchev–Trinajstić information content (AvgIpc) is 2.38. The van der Waals surface area contributed by atoms with E-state index in [0.29, 0.717) is 12.6 Å². The standard InChI is InChI=1S/C13H18N4/c1-16-6-7-17(12(9-15)10-16)13-5-3-2-4-11(13)8-14/h2-5,12H,6-7,9-10,15H2,1H3. The number of hydrogen-bond donors (Lipinski definition) is 1. The Balaban J connectivity index is 2.29. The van der Waals surface area contributed by atoms with Gasteiger partial charge in [-0.3, -0.25) is 0 Å². The van der Waals surface area contributed by atoms with Crippen molar-refractivity contribution in [3.8, 4) is 6.07 Å². The highest BCUT2D eigenvalue weighted by molar-refractivity contribution is 5.60. The number of nitriles is 1. The lowest BCUT2D eigenvalue weighted by atomic mass is 10.1. The largest absolute Gasteiger partial charge is 0.364 e. The number of nitrogens with zero attached hydrogens (tertiary/aromatic N) is 3. The Morgan fingerprint density at radius 2 is 2.18 bits per heavy atom. The first kappa shape index (κ1) is 11.9.